The normalized spacial score (nSPS) is 15.1. The lowest BCUT2D eigenvalue weighted by Gasteiger charge is -2.28. The smallest absolute Gasteiger partial charge is 0.139 e. The minimum Gasteiger partial charge on any atom is -0.456 e. The summed E-state index contributed by atoms with van der Waals surface area (Å²) in [6.07, 6.45) is 1.87. The van der Waals surface area contributed by atoms with Crippen LogP contribution in [0.3, 0.4) is 0 Å². The van der Waals surface area contributed by atoms with Crippen LogP contribution in [0, 0.1) is 0 Å². The highest BCUT2D eigenvalue weighted by Gasteiger charge is 2.34. The van der Waals surface area contributed by atoms with Crippen LogP contribution in [0.4, 0.5) is 0 Å². The van der Waals surface area contributed by atoms with Crippen molar-refractivity contribution in [2.45, 2.75) is 45.4 Å². The van der Waals surface area contributed by atoms with Crippen LogP contribution >= 0.6 is 0 Å². The summed E-state index contributed by atoms with van der Waals surface area (Å²) in [4.78, 5) is 4.86. The second-order valence-electron chi connectivity index (χ2n) is 10.1. The van der Waals surface area contributed by atoms with Crippen molar-refractivity contribution >= 4 is 32.7 Å². The first-order valence-electron chi connectivity index (χ1n) is 10.6. The van der Waals surface area contributed by atoms with Crippen LogP contribution in [0.2, 0.25) is 0 Å². The fraction of sp³-hybridized carbons (Fsp3) is 0.250. The van der Waals surface area contributed by atoms with Gasteiger partial charge in [-0.1, -0.05) is 65.0 Å². The van der Waals surface area contributed by atoms with Crippen LogP contribution in [0.5, 0.6) is 0 Å². The van der Waals surface area contributed by atoms with Crippen LogP contribution < -0.4 is 0 Å². The molecule has 148 valence electrons. The van der Waals surface area contributed by atoms with Crippen molar-refractivity contribution in [2.24, 2.45) is 0 Å². The number of rotatable bonds is 0. The first kappa shape index (κ1) is 17.7. The van der Waals surface area contributed by atoms with Crippen molar-refractivity contribution in [3.8, 4) is 11.3 Å². The van der Waals surface area contributed by atoms with Gasteiger partial charge in [0, 0.05) is 22.6 Å². The van der Waals surface area contributed by atoms with Gasteiger partial charge in [0.05, 0.1) is 11.1 Å². The predicted molar refractivity (Wildman–Crippen MR) is 125 cm³/mol. The third kappa shape index (κ3) is 2.22. The topological polar surface area (TPSA) is 26.0 Å². The van der Waals surface area contributed by atoms with Crippen LogP contribution in [0.15, 0.2) is 65.2 Å². The number of aromatic nitrogens is 1. The monoisotopic (exact) mass is 391 g/mol. The van der Waals surface area contributed by atoms with E-state index >= 15 is 0 Å². The number of benzene rings is 3. The van der Waals surface area contributed by atoms with Gasteiger partial charge >= 0.3 is 0 Å². The lowest BCUT2D eigenvalue weighted by Crippen LogP contribution is -2.19. The van der Waals surface area contributed by atoms with Crippen molar-refractivity contribution in [3.63, 3.8) is 0 Å². The largest absolute Gasteiger partial charge is 0.456 e. The minimum absolute atomic E-state index is 0.124. The van der Waals surface area contributed by atoms with Crippen molar-refractivity contribution in [1.82, 2.24) is 4.98 Å². The molecule has 0 spiro atoms. The Labute approximate surface area is 176 Å². The van der Waals surface area contributed by atoms with E-state index in [2.05, 4.69) is 83.1 Å². The van der Waals surface area contributed by atoms with Crippen molar-refractivity contribution < 1.29 is 4.42 Å². The van der Waals surface area contributed by atoms with Crippen LogP contribution in [-0.2, 0) is 10.8 Å². The van der Waals surface area contributed by atoms with Gasteiger partial charge in [-0.15, -0.1) is 0 Å². The highest BCUT2D eigenvalue weighted by molar-refractivity contribution is 6.15. The van der Waals surface area contributed by atoms with Crippen molar-refractivity contribution in [2.75, 3.05) is 0 Å². The molecule has 0 unspecified atom stereocenters. The van der Waals surface area contributed by atoms with Gasteiger partial charge in [-0.3, -0.25) is 4.98 Å². The van der Waals surface area contributed by atoms with Gasteiger partial charge in [0.2, 0.25) is 0 Å². The number of nitrogens with zero attached hydrogens (tertiary/aromatic N) is 1. The molecule has 2 aromatic heterocycles. The Morgan fingerprint density at radius 2 is 1.60 bits per heavy atom. The Hall–Kier alpha value is -3.13. The molecule has 1 aliphatic carbocycles. The van der Waals surface area contributed by atoms with Gasteiger partial charge in [0.25, 0.3) is 0 Å². The van der Waals surface area contributed by atoms with E-state index in [9.17, 15) is 0 Å². The molecular weight excluding hydrogens is 366 g/mol. The molecule has 0 N–H and O–H groups in total. The summed E-state index contributed by atoms with van der Waals surface area (Å²) in [6.45, 7) is 11.5. The molecule has 2 heteroatoms. The number of hydrogen-bond donors (Lipinski definition) is 0. The van der Waals surface area contributed by atoms with Crippen LogP contribution in [-0.4, -0.2) is 4.98 Å². The van der Waals surface area contributed by atoms with E-state index in [1.54, 1.807) is 0 Å². The first-order valence-corrected chi connectivity index (χ1v) is 10.6. The molecule has 0 amide bonds. The van der Waals surface area contributed by atoms with Crippen LogP contribution in [0.25, 0.3) is 44.0 Å². The molecule has 30 heavy (non-hydrogen) atoms. The summed E-state index contributed by atoms with van der Waals surface area (Å²) in [7, 11) is 0. The highest BCUT2D eigenvalue weighted by Crippen LogP contribution is 2.49. The molecule has 2 nitrogen and oxygen atoms in total. The first-order chi connectivity index (χ1) is 14.2. The van der Waals surface area contributed by atoms with Crippen molar-refractivity contribution in [1.29, 1.82) is 0 Å². The molecule has 5 aromatic rings. The molecule has 0 fully saturated rings. The van der Waals surface area contributed by atoms with Gasteiger partial charge in [0.15, 0.2) is 0 Å². The quantitative estimate of drug-likeness (QED) is 0.270. The Balaban J connectivity index is 1.79. The van der Waals surface area contributed by atoms with Gasteiger partial charge in [-0.25, -0.2) is 0 Å². The van der Waals surface area contributed by atoms with Crippen molar-refractivity contribution in [3.05, 3.63) is 77.5 Å². The average Bonchev–Trinajstić information content (AvgIpc) is 3.07. The zero-order valence-electron chi connectivity index (χ0n) is 18.1. The van der Waals surface area contributed by atoms with E-state index in [0.29, 0.717) is 0 Å². The SMILES string of the molecule is CC(C)(C)c1ccc2cc3c(cc2c1)C(C)(C)c1cccc2oc4ccnc-3c4c12. The van der Waals surface area contributed by atoms with E-state index in [4.69, 9.17) is 9.40 Å². The third-order valence-corrected chi connectivity index (χ3v) is 6.85. The maximum Gasteiger partial charge on any atom is 0.139 e. The third-order valence-electron chi connectivity index (χ3n) is 6.85. The van der Waals surface area contributed by atoms with E-state index < -0.39 is 0 Å². The summed E-state index contributed by atoms with van der Waals surface area (Å²) in [5.74, 6) is 0. The number of fused-ring (bicyclic) bond motifs is 3. The number of pyridine rings is 1. The molecule has 3 aromatic carbocycles. The molecule has 0 saturated carbocycles. The Bertz CT molecular complexity index is 1490. The highest BCUT2D eigenvalue weighted by atomic mass is 16.3. The molecular formula is C28H25NO. The molecule has 0 radical (unpaired) electrons. The van der Waals surface area contributed by atoms with E-state index in [1.807, 2.05) is 12.3 Å². The Kier molecular flexibility index (Phi) is 3.25. The second-order valence-corrected chi connectivity index (χ2v) is 10.1. The molecule has 0 aliphatic heterocycles. The second kappa shape index (κ2) is 5.51. The fourth-order valence-electron chi connectivity index (χ4n) is 5.11. The fourth-order valence-corrected chi connectivity index (χ4v) is 5.11. The zero-order chi connectivity index (χ0) is 20.8. The zero-order valence-corrected chi connectivity index (χ0v) is 18.1. The van der Waals surface area contributed by atoms with Gasteiger partial charge in [0.1, 0.15) is 11.2 Å². The molecule has 6 rings (SSSR count). The standard InChI is InChI=1S/C28H25NO/c1-27(2,3)18-10-9-16-14-19-21(15-17(16)13-18)28(4,5)20-7-6-8-22-24(20)25-23(30-22)11-12-29-26(19)25/h6-15H,1-5H3. The van der Waals surface area contributed by atoms with E-state index in [0.717, 1.165) is 22.2 Å². The van der Waals surface area contributed by atoms with Gasteiger partial charge in [-0.2, -0.15) is 0 Å². The van der Waals surface area contributed by atoms with E-state index in [-0.39, 0.29) is 10.8 Å². The van der Waals surface area contributed by atoms with Gasteiger partial charge in [-0.05, 0) is 57.1 Å². The molecule has 1 aliphatic rings. The molecule has 0 bridgehead atoms. The Morgan fingerprint density at radius 1 is 0.800 bits per heavy atom. The summed E-state index contributed by atoms with van der Waals surface area (Å²) in [6, 6.07) is 20.0. The maximum absolute atomic E-state index is 6.22. The number of furan rings is 1. The Morgan fingerprint density at radius 3 is 2.40 bits per heavy atom. The molecule has 0 saturated heterocycles. The summed E-state index contributed by atoms with van der Waals surface area (Å²) >= 11 is 0. The lowest BCUT2D eigenvalue weighted by molar-refractivity contribution is 0.591. The average molecular weight is 392 g/mol. The maximum atomic E-state index is 6.22. The molecule has 0 atom stereocenters. The number of hydrogen-bond acceptors (Lipinski definition) is 2. The summed E-state index contributed by atoms with van der Waals surface area (Å²) in [5, 5.41) is 4.89. The summed E-state index contributed by atoms with van der Waals surface area (Å²) < 4.78 is 6.22. The lowest BCUT2D eigenvalue weighted by atomic mass is 9.75. The van der Waals surface area contributed by atoms with E-state index in [1.165, 1.54) is 38.4 Å². The minimum atomic E-state index is -0.168. The summed E-state index contributed by atoms with van der Waals surface area (Å²) in [5.41, 5.74) is 8.03. The van der Waals surface area contributed by atoms with Crippen LogP contribution in [0.1, 0.15) is 51.3 Å². The van der Waals surface area contributed by atoms with Gasteiger partial charge < -0.3 is 4.42 Å². The predicted octanol–water partition coefficient (Wildman–Crippen LogP) is 7.74. The molecule has 2 heterocycles.